The van der Waals surface area contributed by atoms with Crippen LogP contribution in [0.15, 0.2) is 53.1 Å². The molecule has 2 aromatic carbocycles. The van der Waals surface area contributed by atoms with Gasteiger partial charge in [-0.1, -0.05) is 29.4 Å². The molecule has 0 radical (unpaired) electrons. The average molecular weight is 279 g/mol. The van der Waals surface area contributed by atoms with Crippen molar-refractivity contribution >= 4 is 5.69 Å². The van der Waals surface area contributed by atoms with Crippen LogP contribution in [0.3, 0.4) is 0 Å². The molecule has 0 spiro atoms. The lowest BCUT2D eigenvalue weighted by molar-refractivity contribution is 0.379. The van der Waals surface area contributed by atoms with Crippen molar-refractivity contribution < 1.29 is 4.52 Å². The molecule has 0 amide bonds. The zero-order chi connectivity index (χ0) is 14.7. The Bertz CT molecular complexity index is 732. The van der Waals surface area contributed by atoms with Gasteiger partial charge in [0, 0.05) is 17.7 Å². The van der Waals surface area contributed by atoms with Crippen LogP contribution in [-0.2, 0) is 12.8 Å². The molecule has 3 rings (SSSR count). The Labute approximate surface area is 123 Å². The Balaban J connectivity index is 1.71. The summed E-state index contributed by atoms with van der Waals surface area (Å²) in [6.45, 7) is 2.11. The number of nitrogen functional groups attached to an aromatic ring is 1. The summed E-state index contributed by atoms with van der Waals surface area (Å²) < 4.78 is 5.32. The standard InChI is InChI=1S/C17H17N3O/c1-12-4-2-3-5-13(12)8-11-16-19-17(20-21-16)14-6-9-15(18)10-7-14/h2-7,9-10H,8,11,18H2,1H3. The highest BCUT2D eigenvalue weighted by Gasteiger charge is 2.09. The lowest BCUT2D eigenvalue weighted by Crippen LogP contribution is -1.94. The minimum Gasteiger partial charge on any atom is -0.399 e. The van der Waals surface area contributed by atoms with Gasteiger partial charge < -0.3 is 10.3 Å². The maximum atomic E-state index is 5.67. The second-order valence-corrected chi connectivity index (χ2v) is 5.06. The molecule has 0 unspecified atom stereocenters. The molecule has 0 fully saturated rings. The summed E-state index contributed by atoms with van der Waals surface area (Å²) >= 11 is 0. The van der Waals surface area contributed by atoms with Gasteiger partial charge in [-0.2, -0.15) is 4.98 Å². The number of rotatable bonds is 4. The molecule has 0 saturated carbocycles. The molecule has 4 heteroatoms. The van der Waals surface area contributed by atoms with Gasteiger partial charge in [-0.25, -0.2) is 0 Å². The van der Waals surface area contributed by atoms with Crippen molar-refractivity contribution in [1.82, 2.24) is 10.1 Å². The van der Waals surface area contributed by atoms with Crippen LogP contribution in [0.25, 0.3) is 11.4 Å². The zero-order valence-corrected chi connectivity index (χ0v) is 11.9. The molecule has 21 heavy (non-hydrogen) atoms. The average Bonchev–Trinajstić information content (AvgIpc) is 2.96. The fourth-order valence-corrected chi connectivity index (χ4v) is 2.24. The van der Waals surface area contributed by atoms with E-state index in [-0.39, 0.29) is 0 Å². The van der Waals surface area contributed by atoms with Crippen LogP contribution < -0.4 is 5.73 Å². The van der Waals surface area contributed by atoms with E-state index in [4.69, 9.17) is 10.3 Å². The van der Waals surface area contributed by atoms with Gasteiger partial charge in [-0.15, -0.1) is 0 Å². The molecule has 1 heterocycles. The molecular formula is C17H17N3O. The first-order valence-electron chi connectivity index (χ1n) is 6.95. The van der Waals surface area contributed by atoms with Gasteiger partial charge >= 0.3 is 0 Å². The normalized spacial score (nSPS) is 10.7. The quantitative estimate of drug-likeness (QED) is 0.743. The molecule has 1 aromatic heterocycles. The van der Waals surface area contributed by atoms with Crippen molar-refractivity contribution in [1.29, 1.82) is 0 Å². The number of nitrogens with zero attached hydrogens (tertiary/aromatic N) is 2. The lowest BCUT2D eigenvalue weighted by atomic mass is 10.0. The summed E-state index contributed by atoms with van der Waals surface area (Å²) in [5.41, 5.74) is 9.91. The molecule has 0 bridgehead atoms. The highest BCUT2D eigenvalue weighted by Crippen LogP contribution is 2.18. The number of anilines is 1. The third-order valence-corrected chi connectivity index (χ3v) is 3.51. The first-order valence-corrected chi connectivity index (χ1v) is 6.95. The molecule has 106 valence electrons. The van der Waals surface area contributed by atoms with Gasteiger partial charge in [0.05, 0.1) is 0 Å². The third kappa shape index (κ3) is 3.11. The Morgan fingerprint density at radius 3 is 2.52 bits per heavy atom. The fraction of sp³-hybridized carbons (Fsp3) is 0.176. The lowest BCUT2D eigenvalue weighted by Gasteiger charge is -2.02. The maximum absolute atomic E-state index is 5.67. The first kappa shape index (κ1) is 13.4. The zero-order valence-electron chi connectivity index (χ0n) is 11.9. The number of benzene rings is 2. The summed E-state index contributed by atoms with van der Waals surface area (Å²) in [4.78, 5) is 4.44. The summed E-state index contributed by atoms with van der Waals surface area (Å²) in [5.74, 6) is 1.26. The van der Waals surface area contributed by atoms with Gasteiger partial charge in [0.25, 0.3) is 0 Å². The Kier molecular flexibility index (Phi) is 3.69. The number of hydrogen-bond acceptors (Lipinski definition) is 4. The van der Waals surface area contributed by atoms with Crippen LogP contribution in [0.4, 0.5) is 5.69 Å². The summed E-state index contributed by atoms with van der Waals surface area (Å²) in [7, 11) is 0. The molecule has 4 nitrogen and oxygen atoms in total. The van der Waals surface area contributed by atoms with E-state index in [0.29, 0.717) is 11.7 Å². The third-order valence-electron chi connectivity index (χ3n) is 3.51. The van der Waals surface area contributed by atoms with E-state index in [1.54, 1.807) is 0 Å². The molecular weight excluding hydrogens is 262 g/mol. The van der Waals surface area contributed by atoms with E-state index in [2.05, 4.69) is 35.3 Å². The second-order valence-electron chi connectivity index (χ2n) is 5.06. The van der Waals surface area contributed by atoms with Crippen LogP contribution in [0, 0.1) is 6.92 Å². The maximum Gasteiger partial charge on any atom is 0.227 e. The van der Waals surface area contributed by atoms with E-state index in [9.17, 15) is 0 Å². The molecule has 0 aliphatic carbocycles. The molecule has 0 aliphatic rings. The van der Waals surface area contributed by atoms with Crippen LogP contribution in [-0.4, -0.2) is 10.1 Å². The molecule has 0 atom stereocenters. The topological polar surface area (TPSA) is 64.9 Å². The van der Waals surface area contributed by atoms with Crippen molar-refractivity contribution in [3.63, 3.8) is 0 Å². The van der Waals surface area contributed by atoms with Crippen molar-refractivity contribution in [3.8, 4) is 11.4 Å². The SMILES string of the molecule is Cc1ccccc1CCc1nc(-c2ccc(N)cc2)no1. The van der Waals surface area contributed by atoms with E-state index < -0.39 is 0 Å². The highest BCUT2D eigenvalue weighted by atomic mass is 16.5. The van der Waals surface area contributed by atoms with Gasteiger partial charge in [-0.05, 0) is 48.7 Å². The number of hydrogen-bond donors (Lipinski definition) is 1. The molecule has 0 saturated heterocycles. The minimum atomic E-state index is 0.606. The van der Waals surface area contributed by atoms with Gasteiger partial charge in [0.2, 0.25) is 11.7 Å². The molecule has 0 aliphatic heterocycles. The van der Waals surface area contributed by atoms with E-state index in [1.807, 2.05) is 30.3 Å². The van der Waals surface area contributed by atoms with Gasteiger partial charge in [-0.3, -0.25) is 0 Å². The van der Waals surface area contributed by atoms with E-state index in [1.165, 1.54) is 11.1 Å². The van der Waals surface area contributed by atoms with Crippen LogP contribution in [0.2, 0.25) is 0 Å². The minimum absolute atomic E-state index is 0.606. The highest BCUT2D eigenvalue weighted by molar-refractivity contribution is 5.57. The van der Waals surface area contributed by atoms with E-state index >= 15 is 0 Å². The van der Waals surface area contributed by atoms with Crippen LogP contribution in [0.1, 0.15) is 17.0 Å². The predicted octanol–water partition coefficient (Wildman–Crippen LogP) is 3.41. The summed E-state index contributed by atoms with van der Waals surface area (Å²) in [6.07, 6.45) is 1.64. The molecule has 3 aromatic rings. The van der Waals surface area contributed by atoms with Crippen LogP contribution in [0.5, 0.6) is 0 Å². The predicted molar refractivity (Wildman–Crippen MR) is 82.7 cm³/mol. The number of aryl methyl sites for hydroxylation is 3. The van der Waals surface area contributed by atoms with Gasteiger partial charge in [0.1, 0.15) is 0 Å². The Hall–Kier alpha value is -2.62. The van der Waals surface area contributed by atoms with E-state index in [0.717, 1.165) is 24.1 Å². The smallest absolute Gasteiger partial charge is 0.227 e. The van der Waals surface area contributed by atoms with Crippen molar-refractivity contribution in [3.05, 3.63) is 65.5 Å². The second kappa shape index (κ2) is 5.79. The number of nitrogens with two attached hydrogens (primary N) is 1. The fourth-order valence-electron chi connectivity index (χ4n) is 2.24. The van der Waals surface area contributed by atoms with Crippen molar-refractivity contribution in [2.24, 2.45) is 0 Å². The Morgan fingerprint density at radius 1 is 1.00 bits per heavy atom. The van der Waals surface area contributed by atoms with Crippen molar-refractivity contribution in [2.75, 3.05) is 5.73 Å². The summed E-state index contributed by atoms with van der Waals surface area (Å²) in [5, 5.41) is 4.02. The largest absolute Gasteiger partial charge is 0.399 e. The first-order chi connectivity index (χ1) is 10.2. The summed E-state index contributed by atoms with van der Waals surface area (Å²) in [6, 6.07) is 15.8. The Morgan fingerprint density at radius 2 is 1.76 bits per heavy atom. The molecule has 2 N–H and O–H groups in total. The van der Waals surface area contributed by atoms with Gasteiger partial charge in [0.15, 0.2) is 0 Å². The van der Waals surface area contributed by atoms with Crippen LogP contribution >= 0.6 is 0 Å². The number of aromatic nitrogens is 2. The van der Waals surface area contributed by atoms with Crippen molar-refractivity contribution in [2.45, 2.75) is 19.8 Å². The monoisotopic (exact) mass is 279 g/mol.